The minimum Gasteiger partial charge on any atom is -0.493 e. The Hall–Kier alpha value is -2.82. The summed E-state index contributed by atoms with van der Waals surface area (Å²) < 4.78 is 5.79. The van der Waals surface area contributed by atoms with Crippen molar-refractivity contribution < 1.29 is 14.6 Å². The summed E-state index contributed by atoms with van der Waals surface area (Å²) in [6.45, 7) is 2.83. The molecule has 0 fully saturated rings. The molecule has 5 nitrogen and oxygen atoms in total. The molecule has 2 rings (SSSR count). The maximum Gasteiger partial charge on any atom is 0.337 e. The van der Waals surface area contributed by atoms with Gasteiger partial charge in [0.25, 0.3) is 0 Å². The van der Waals surface area contributed by atoms with Crippen molar-refractivity contribution in [1.29, 1.82) is 0 Å². The fraction of sp³-hybridized carbons (Fsp3) is 0.263. The summed E-state index contributed by atoms with van der Waals surface area (Å²) in [6, 6.07) is 14.3. The average molecular weight is 326 g/mol. The Bertz CT molecular complexity index is 699. The molecule has 0 aliphatic carbocycles. The number of nitrogens with zero attached hydrogens (tertiary/aromatic N) is 1. The third-order valence-corrected chi connectivity index (χ3v) is 3.47. The second kappa shape index (κ2) is 9.35. The molecule has 5 heteroatoms. The van der Waals surface area contributed by atoms with Crippen LogP contribution in [0.4, 0.5) is 5.69 Å². The average Bonchev–Trinajstić information content (AvgIpc) is 2.60. The molecular formula is C19H22N2O3. The first kappa shape index (κ1) is 17.5. The SMILES string of the molecule is CCCCCOc1ccccc1/C=N/Nc1ccccc1C(=O)O. The molecule has 0 radical (unpaired) electrons. The topological polar surface area (TPSA) is 70.9 Å². The zero-order chi connectivity index (χ0) is 17.2. The van der Waals surface area contributed by atoms with Gasteiger partial charge in [-0.15, -0.1) is 0 Å². The lowest BCUT2D eigenvalue weighted by Gasteiger charge is -2.09. The Morgan fingerprint density at radius 2 is 1.92 bits per heavy atom. The fourth-order valence-corrected chi connectivity index (χ4v) is 2.19. The molecule has 2 aromatic rings. The van der Waals surface area contributed by atoms with Crippen molar-refractivity contribution in [2.45, 2.75) is 26.2 Å². The van der Waals surface area contributed by atoms with Gasteiger partial charge in [-0.25, -0.2) is 4.79 Å². The van der Waals surface area contributed by atoms with Gasteiger partial charge >= 0.3 is 5.97 Å². The van der Waals surface area contributed by atoms with Crippen molar-refractivity contribution in [3.05, 3.63) is 59.7 Å². The van der Waals surface area contributed by atoms with Crippen LogP contribution in [0.3, 0.4) is 0 Å². The van der Waals surface area contributed by atoms with Crippen LogP contribution in [0.15, 0.2) is 53.6 Å². The molecule has 0 aliphatic heterocycles. The van der Waals surface area contributed by atoms with E-state index in [4.69, 9.17) is 9.84 Å². The molecule has 0 amide bonds. The van der Waals surface area contributed by atoms with Gasteiger partial charge in [-0.3, -0.25) is 5.43 Å². The third-order valence-electron chi connectivity index (χ3n) is 3.47. The number of hydrogen-bond acceptors (Lipinski definition) is 4. The highest BCUT2D eigenvalue weighted by molar-refractivity contribution is 5.94. The minimum absolute atomic E-state index is 0.179. The van der Waals surface area contributed by atoms with E-state index in [0.29, 0.717) is 12.3 Å². The number of rotatable bonds is 9. The predicted molar refractivity (Wildman–Crippen MR) is 96.1 cm³/mol. The van der Waals surface area contributed by atoms with E-state index < -0.39 is 5.97 Å². The maximum atomic E-state index is 11.2. The molecule has 24 heavy (non-hydrogen) atoms. The summed E-state index contributed by atoms with van der Waals surface area (Å²) in [4.78, 5) is 11.2. The van der Waals surface area contributed by atoms with Gasteiger partial charge in [0.2, 0.25) is 0 Å². The quantitative estimate of drug-likeness (QED) is 0.407. The highest BCUT2D eigenvalue weighted by atomic mass is 16.5. The molecule has 0 aromatic heterocycles. The number of benzene rings is 2. The van der Waals surface area contributed by atoms with E-state index in [0.717, 1.165) is 30.6 Å². The number of para-hydroxylation sites is 2. The molecular weight excluding hydrogens is 304 g/mol. The summed E-state index contributed by atoms with van der Waals surface area (Å²) in [6.07, 6.45) is 4.95. The second-order valence-corrected chi connectivity index (χ2v) is 5.31. The largest absolute Gasteiger partial charge is 0.493 e. The van der Waals surface area contributed by atoms with Gasteiger partial charge in [0.1, 0.15) is 5.75 Å². The number of aromatic carboxylic acids is 1. The molecule has 0 spiro atoms. The zero-order valence-corrected chi connectivity index (χ0v) is 13.7. The van der Waals surface area contributed by atoms with Crippen molar-refractivity contribution in [1.82, 2.24) is 0 Å². The van der Waals surface area contributed by atoms with Crippen LogP contribution in [0.1, 0.15) is 42.1 Å². The first-order valence-corrected chi connectivity index (χ1v) is 8.05. The number of ether oxygens (including phenoxy) is 1. The monoisotopic (exact) mass is 326 g/mol. The van der Waals surface area contributed by atoms with E-state index in [1.807, 2.05) is 24.3 Å². The van der Waals surface area contributed by atoms with Crippen LogP contribution in [0.2, 0.25) is 0 Å². The van der Waals surface area contributed by atoms with Crippen molar-refractivity contribution in [3.63, 3.8) is 0 Å². The molecule has 2 aromatic carbocycles. The standard InChI is InChI=1S/C19H22N2O3/c1-2-3-8-13-24-18-12-7-4-9-15(18)14-20-21-17-11-6-5-10-16(17)19(22)23/h4-7,9-12,14,21H,2-3,8,13H2,1H3,(H,22,23)/b20-14+. The number of unbranched alkanes of at least 4 members (excludes halogenated alkanes) is 2. The summed E-state index contributed by atoms with van der Waals surface area (Å²) in [5, 5.41) is 13.3. The van der Waals surface area contributed by atoms with Crippen LogP contribution in [0, 0.1) is 0 Å². The van der Waals surface area contributed by atoms with Crippen LogP contribution < -0.4 is 10.2 Å². The Kier molecular flexibility index (Phi) is 6.83. The van der Waals surface area contributed by atoms with Gasteiger partial charge in [0.05, 0.1) is 24.1 Å². The minimum atomic E-state index is -0.993. The summed E-state index contributed by atoms with van der Waals surface area (Å²) in [7, 11) is 0. The maximum absolute atomic E-state index is 11.2. The van der Waals surface area contributed by atoms with Crippen LogP contribution in [-0.4, -0.2) is 23.9 Å². The fourth-order valence-electron chi connectivity index (χ4n) is 2.19. The number of hydrazone groups is 1. The molecule has 0 heterocycles. The number of anilines is 1. The van der Waals surface area contributed by atoms with Crippen molar-refractivity contribution in [2.24, 2.45) is 5.10 Å². The van der Waals surface area contributed by atoms with E-state index in [2.05, 4.69) is 17.5 Å². The van der Waals surface area contributed by atoms with Gasteiger partial charge in [-0.1, -0.05) is 44.0 Å². The number of carboxylic acid groups (broad SMARTS) is 1. The normalized spacial score (nSPS) is 10.7. The molecule has 0 atom stereocenters. The molecule has 2 N–H and O–H groups in total. The first-order chi connectivity index (χ1) is 11.7. The third kappa shape index (κ3) is 5.12. The Morgan fingerprint density at radius 3 is 2.71 bits per heavy atom. The lowest BCUT2D eigenvalue weighted by Crippen LogP contribution is -2.03. The molecule has 0 unspecified atom stereocenters. The number of hydrogen-bond donors (Lipinski definition) is 2. The van der Waals surface area contributed by atoms with Crippen molar-refractivity contribution in [2.75, 3.05) is 12.0 Å². The number of carboxylic acids is 1. The van der Waals surface area contributed by atoms with Crippen LogP contribution in [0.25, 0.3) is 0 Å². The van der Waals surface area contributed by atoms with Gasteiger partial charge in [-0.05, 0) is 30.7 Å². The first-order valence-electron chi connectivity index (χ1n) is 8.05. The van der Waals surface area contributed by atoms with E-state index in [1.165, 1.54) is 6.07 Å². The lowest BCUT2D eigenvalue weighted by atomic mass is 10.2. The summed E-state index contributed by atoms with van der Waals surface area (Å²) in [5.41, 5.74) is 4.25. The highest BCUT2D eigenvalue weighted by Gasteiger charge is 2.07. The van der Waals surface area contributed by atoms with Crippen molar-refractivity contribution >= 4 is 17.9 Å². The van der Waals surface area contributed by atoms with Gasteiger partial charge in [0.15, 0.2) is 0 Å². The second-order valence-electron chi connectivity index (χ2n) is 5.31. The zero-order valence-electron chi connectivity index (χ0n) is 13.7. The molecule has 0 saturated carbocycles. The number of nitrogens with one attached hydrogen (secondary N) is 1. The van der Waals surface area contributed by atoms with E-state index in [1.54, 1.807) is 24.4 Å². The molecule has 0 saturated heterocycles. The Morgan fingerprint density at radius 1 is 1.17 bits per heavy atom. The summed E-state index contributed by atoms with van der Waals surface area (Å²) in [5.74, 6) is -0.223. The smallest absolute Gasteiger partial charge is 0.337 e. The van der Waals surface area contributed by atoms with Crippen LogP contribution >= 0.6 is 0 Å². The van der Waals surface area contributed by atoms with E-state index in [-0.39, 0.29) is 5.56 Å². The molecule has 0 aliphatic rings. The number of carbonyl (C=O) groups is 1. The highest BCUT2D eigenvalue weighted by Crippen LogP contribution is 2.18. The summed E-state index contributed by atoms with van der Waals surface area (Å²) >= 11 is 0. The van der Waals surface area contributed by atoms with E-state index >= 15 is 0 Å². The van der Waals surface area contributed by atoms with Crippen LogP contribution in [-0.2, 0) is 0 Å². The molecule has 126 valence electrons. The Labute approximate surface area is 142 Å². The predicted octanol–water partition coefficient (Wildman–Crippen LogP) is 4.40. The van der Waals surface area contributed by atoms with Gasteiger partial charge in [-0.2, -0.15) is 5.10 Å². The van der Waals surface area contributed by atoms with Crippen molar-refractivity contribution in [3.8, 4) is 5.75 Å². The molecule has 0 bridgehead atoms. The van der Waals surface area contributed by atoms with Crippen LogP contribution in [0.5, 0.6) is 5.75 Å². The van der Waals surface area contributed by atoms with Gasteiger partial charge in [0, 0.05) is 5.56 Å². The lowest BCUT2D eigenvalue weighted by molar-refractivity contribution is 0.0698. The van der Waals surface area contributed by atoms with E-state index in [9.17, 15) is 4.79 Å². The van der Waals surface area contributed by atoms with Gasteiger partial charge < -0.3 is 9.84 Å². The Balaban J connectivity index is 2.03.